The molecule has 1 aliphatic heterocycles. The summed E-state index contributed by atoms with van der Waals surface area (Å²) < 4.78 is 0. The van der Waals surface area contributed by atoms with Crippen molar-refractivity contribution in [2.45, 2.75) is 31.6 Å². The standard InChI is InChI=1S/C20H22ClN/c21-17-7-8-19-16(13-17)6-5-14-3-1-2-4-18(14)20(19)15-9-11-22-12-10-15/h1-4,7-8,13,15,20,22H,5-6,9-12H2. The van der Waals surface area contributed by atoms with E-state index in [0.717, 1.165) is 36.9 Å². The van der Waals surface area contributed by atoms with Crippen LogP contribution in [0.1, 0.15) is 41.0 Å². The van der Waals surface area contributed by atoms with Gasteiger partial charge in [0, 0.05) is 10.9 Å². The fourth-order valence-corrected chi connectivity index (χ4v) is 4.48. The number of hydrogen-bond acceptors (Lipinski definition) is 1. The van der Waals surface area contributed by atoms with Gasteiger partial charge in [0.2, 0.25) is 0 Å². The highest BCUT2D eigenvalue weighted by Crippen LogP contribution is 2.42. The minimum atomic E-state index is 0.535. The van der Waals surface area contributed by atoms with Gasteiger partial charge in [-0.2, -0.15) is 0 Å². The van der Waals surface area contributed by atoms with Crippen LogP contribution in [0, 0.1) is 5.92 Å². The predicted molar refractivity (Wildman–Crippen MR) is 92.7 cm³/mol. The summed E-state index contributed by atoms with van der Waals surface area (Å²) in [5.41, 5.74) is 6.04. The summed E-state index contributed by atoms with van der Waals surface area (Å²) in [6, 6.07) is 15.6. The van der Waals surface area contributed by atoms with Crippen LogP contribution in [-0.2, 0) is 12.8 Å². The smallest absolute Gasteiger partial charge is 0.0408 e. The Labute approximate surface area is 137 Å². The number of benzene rings is 2. The second-order valence-electron chi connectivity index (χ2n) is 6.61. The van der Waals surface area contributed by atoms with E-state index >= 15 is 0 Å². The molecule has 1 N–H and O–H groups in total. The van der Waals surface area contributed by atoms with Gasteiger partial charge in [-0.15, -0.1) is 0 Å². The quantitative estimate of drug-likeness (QED) is 0.813. The first-order valence-electron chi connectivity index (χ1n) is 8.40. The van der Waals surface area contributed by atoms with Gasteiger partial charge in [0.25, 0.3) is 0 Å². The van der Waals surface area contributed by atoms with Crippen molar-refractivity contribution in [3.8, 4) is 0 Å². The largest absolute Gasteiger partial charge is 0.317 e. The Hall–Kier alpha value is -1.31. The number of aryl methyl sites for hydroxylation is 2. The van der Waals surface area contributed by atoms with Crippen LogP contribution in [0.3, 0.4) is 0 Å². The summed E-state index contributed by atoms with van der Waals surface area (Å²) >= 11 is 6.26. The van der Waals surface area contributed by atoms with Gasteiger partial charge in [0.05, 0.1) is 0 Å². The van der Waals surface area contributed by atoms with E-state index < -0.39 is 0 Å². The molecule has 2 aromatic rings. The van der Waals surface area contributed by atoms with Crippen molar-refractivity contribution < 1.29 is 0 Å². The van der Waals surface area contributed by atoms with Crippen molar-refractivity contribution in [2.75, 3.05) is 13.1 Å². The number of hydrogen-bond donors (Lipinski definition) is 1. The van der Waals surface area contributed by atoms with Gasteiger partial charge in [-0.3, -0.25) is 0 Å². The summed E-state index contributed by atoms with van der Waals surface area (Å²) in [6.45, 7) is 2.29. The van der Waals surface area contributed by atoms with Crippen molar-refractivity contribution >= 4 is 11.6 Å². The Balaban J connectivity index is 1.86. The molecular formula is C20H22ClN. The van der Waals surface area contributed by atoms with E-state index in [0.29, 0.717) is 5.92 Å². The Kier molecular flexibility index (Phi) is 3.94. The average molecular weight is 312 g/mol. The highest BCUT2D eigenvalue weighted by Gasteiger charge is 2.31. The minimum Gasteiger partial charge on any atom is -0.317 e. The highest BCUT2D eigenvalue weighted by molar-refractivity contribution is 6.30. The number of fused-ring (bicyclic) bond motifs is 2. The summed E-state index contributed by atoms with van der Waals surface area (Å²) in [5.74, 6) is 1.27. The molecule has 1 saturated heterocycles. The van der Waals surface area contributed by atoms with Crippen LogP contribution in [0.5, 0.6) is 0 Å². The molecule has 4 rings (SSSR count). The Bertz CT molecular complexity index is 673. The molecule has 0 radical (unpaired) electrons. The number of halogens is 1. The van der Waals surface area contributed by atoms with E-state index in [9.17, 15) is 0 Å². The molecule has 0 bridgehead atoms. The third-order valence-electron chi connectivity index (χ3n) is 5.35. The Morgan fingerprint density at radius 3 is 2.45 bits per heavy atom. The fraction of sp³-hybridized carbons (Fsp3) is 0.400. The van der Waals surface area contributed by atoms with E-state index in [1.165, 1.54) is 29.5 Å². The summed E-state index contributed by atoms with van der Waals surface area (Å²) in [7, 11) is 0. The van der Waals surface area contributed by atoms with Gasteiger partial charge >= 0.3 is 0 Å². The molecular weight excluding hydrogens is 290 g/mol. The van der Waals surface area contributed by atoms with Crippen LogP contribution in [0.4, 0.5) is 0 Å². The van der Waals surface area contributed by atoms with Crippen LogP contribution in [0.25, 0.3) is 0 Å². The van der Waals surface area contributed by atoms with Gasteiger partial charge in [0.15, 0.2) is 0 Å². The summed E-state index contributed by atoms with van der Waals surface area (Å²) in [4.78, 5) is 0. The van der Waals surface area contributed by atoms with Gasteiger partial charge in [-0.25, -0.2) is 0 Å². The van der Waals surface area contributed by atoms with E-state index in [4.69, 9.17) is 11.6 Å². The van der Waals surface area contributed by atoms with Crippen LogP contribution >= 0.6 is 11.6 Å². The summed E-state index contributed by atoms with van der Waals surface area (Å²) in [5, 5.41) is 4.37. The van der Waals surface area contributed by atoms with E-state index in [1.54, 1.807) is 5.56 Å². The minimum absolute atomic E-state index is 0.535. The van der Waals surface area contributed by atoms with Crippen molar-refractivity contribution in [3.05, 3.63) is 69.7 Å². The van der Waals surface area contributed by atoms with E-state index in [2.05, 4.69) is 47.8 Å². The first-order valence-corrected chi connectivity index (χ1v) is 8.77. The van der Waals surface area contributed by atoms with Crippen molar-refractivity contribution in [2.24, 2.45) is 5.92 Å². The Morgan fingerprint density at radius 1 is 0.864 bits per heavy atom. The maximum absolute atomic E-state index is 6.26. The van der Waals surface area contributed by atoms with Crippen molar-refractivity contribution in [1.29, 1.82) is 0 Å². The molecule has 1 heterocycles. The molecule has 0 saturated carbocycles. The van der Waals surface area contributed by atoms with E-state index in [-0.39, 0.29) is 0 Å². The average Bonchev–Trinajstić information content (AvgIpc) is 2.72. The van der Waals surface area contributed by atoms with Crippen LogP contribution in [0.15, 0.2) is 42.5 Å². The lowest BCUT2D eigenvalue weighted by atomic mass is 9.75. The van der Waals surface area contributed by atoms with Gasteiger partial charge < -0.3 is 5.32 Å². The van der Waals surface area contributed by atoms with Crippen molar-refractivity contribution in [1.82, 2.24) is 5.32 Å². The third kappa shape index (κ3) is 2.57. The molecule has 1 nitrogen and oxygen atoms in total. The molecule has 2 aliphatic rings. The monoisotopic (exact) mass is 311 g/mol. The molecule has 1 atom stereocenters. The SMILES string of the molecule is Clc1ccc2c(c1)CCc1ccccc1C2C1CCNCC1. The molecule has 2 heteroatoms. The van der Waals surface area contributed by atoms with Gasteiger partial charge in [0.1, 0.15) is 0 Å². The second-order valence-corrected chi connectivity index (χ2v) is 7.04. The molecule has 0 spiro atoms. The predicted octanol–water partition coefficient (Wildman–Crippen LogP) is 4.57. The molecule has 0 amide bonds. The number of piperidine rings is 1. The van der Waals surface area contributed by atoms with Crippen LogP contribution < -0.4 is 5.32 Å². The number of nitrogens with one attached hydrogen (secondary N) is 1. The zero-order valence-corrected chi connectivity index (χ0v) is 13.6. The lowest BCUT2D eigenvalue weighted by molar-refractivity contribution is 0.342. The van der Waals surface area contributed by atoms with Crippen molar-refractivity contribution in [3.63, 3.8) is 0 Å². The zero-order chi connectivity index (χ0) is 14.9. The van der Waals surface area contributed by atoms with Crippen LogP contribution in [-0.4, -0.2) is 13.1 Å². The first kappa shape index (κ1) is 14.3. The third-order valence-corrected chi connectivity index (χ3v) is 5.58. The highest BCUT2D eigenvalue weighted by atomic mass is 35.5. The first-order chi connectivity index (χ1) is 10.8. The molecule has 22 heavy (non-hydrogen) atoms. The molecule has 114 valence electrons. The molecule has 1 fully saturated rings. The zero-order valence-electron chi connectivity index (χ0n) is 12.8. The molecule has 2 aromatic carbocycles. The van der Waals surface area contributed by atoms with Crippen LogP contribution in [0.2, 0.25) is 5.02 Å². The topological polar surface area (TPSA) is 12.0 Å². The maximum Gasteiger partial charge on any atom is 0.0408 e. The van der Waals surface area contributed by atoms with Gasteiger partial charge in [-0.1, -0.05) is 41.9 Å². The summed E-state index contributed by atoms with van der Waals surface area (Å²) in [6.07, 6.45) is 4.77. The molecule has 1 unspecified atom stereocenters. The lowest BCUT2D eigenvalue weighted by Gasteiger charge is -2.32. The Morgan fingerprint density at radius 2 is 1.59 bits per heavy atom. The van der Waals surface area contributed by atoms with E-state index in [1.807, 2.05) is 0 Å². The number of rotatable bonds is 1. The second kappa shape index (κ2) is 6.06. The normalized spacial score (nSPS) is 21.8. The fourth-order valence-electron chi connectivity index (χ4n) is 4.28. The molecule has 1 aliphatic carbocycles. The lowest BCUT2D eigenvalue weighted by Crippen LogP contribution is -2.31. The molecule has 0 aromatic heterocycles. The van der Waals surface area contributed by atoms with Gasteiger partial charge in [-0.05, 0) is 79.1 Å². The maximum atomic E-state index is 6.26.